The molecule has 0 unspecified atom stereocenters. The second kappa shape index (κ2) is 10.6. The van der Waals surface area contributed by atoms with Crippen molar-refractivity contribution in [3.63, 3.8) is 0 Å². The molecule has 4 aromatic rings. The number of carbonyl (C=O) groups is 1. The molecule has 1 amide bonds. The molecule has 4 aromatic carbocycles. The molecule has 0 saturated heterocycles. The van der Waals surface area contributed by atoms with Gasteiger partial charge in [-0.05, 0) is 58.3 Å². The van der Waals surface area contributed by atoms with Gasteiger partial charge in [0, 0.05) is 11.1 Å². The Morgan fingerprint density at radius 2 is 1.53 bits per heavy atom. The lowest BCUT2D eigenvalue weighted by Gasteiger charge is -2.08. The average Bonchev–Trinajstić information content (AvgIpc) is 2.83. The van der Waals surface area contributed by atoms with E-state index in [1.54, 1.807) is 18.3 Å². The molecule has 32 heavy (non-hydrogen) atoms. The highest BCUT2D eigenvalue weighted by Gasteiger charge is 2.07. The van der Waals surface area contributed by atoms with Gasteiger partial charge in [-0.15, -0.1) is 0 Å². The first-order valence-corrected chi connectivity index (χ1v) is 11.2. The van der Waals surface area contributed by atoms with Crippen molar-refractivity contribution < 1.29 is 9.53 Å². The van der Waals surface area contributed by atoms with E-state index in [-0.39, 0.29) is 5.91 Å². The Balaban J connectivity index is 1.44. The Bertz CT molecular complexity index is 1180. The zero-order valence-electron chi connectivity index (χ0n) is 18.4. The first-order chi connectivity index (χ1) is 15.8. The molecule has 0 saturated carbocycles. The Kier molecular flexibility index (Phi) is 7.13. The summed E-state index contributed by atoms with van der Waals surface area (Å²) in [5.74, 6) is 0.532. The number of nitrogens with zero attached hydrogens (tertiary/aromatic N) is 1. The maximum absolute atomic E-state index is 12.5. The molecule has 0 radical (unpaired) electrons. The van der Waals surface area contributed by atoms with Gasteiger partial charge in [0.15, 0.2) is 0 Å². The van der Waals surface area contributed by atoms with Crippen molar-refractivity contribution in [1.29, 1.82) is 0 Å². The zero-order valence-corrected chi connectivity index (χ0v) is 18.4. The smallest absolute Gasteiger partial charge is 0.271 e. The number of ether oxygens (including phenoxy) is 1. The van der Waals surface area contributed by atoms with Crippen molar-refractivity contribution in [2.24, 2.45) is 5.10 Å². The van der Waals surface area contributed by atoms with Crippen LogP contribution in [0.15, 0.2) is 84.0 Å². The first-order valence-electron chi connectivity index (χ1n) is 11.2. The lowest BCUT2D eigenvalue weighted by atomic mass is 9.97. The van der Waals surface area contributed by atoms with Gasteiger partial charge < -0.3 is 4.74 Å². The van der Waals surface area contributed by atoms with Crippen LogP contribution in [0.2, 0.25) is 0 Å². The lowest BCUT2D eigenvalue weighted by Crippen LogP contribution is -2.17. The van der Waals surface area contributed by atoms with Gasteiger partial charge in [-0.3, -0.25) is 4.79 Å². The first kappa shape index (κ1) is 21.6. The van der Waals surface area contributed by atoms with E-state index in [9.17, 15) is 4.79 Å². The summed E-state index contributed by atoms with van der Waals surface area (Å²) in [5, 5.41) is 8.75. The van der Waals surface area contributed by atoms with Crippen LogP contribution < -0.4 is 10.2 Å². The third-order valence-corrected chi connectivity index (χ3v) is 5.56. The van der Waals surface area contributed by atoms with Crippen molar-refractivity contribution in [3.05, 3.63) is 90.0 Å². The predicted octanol–water partition coefficient (Wildman–Crippen LogP) is 6.72. The van der Waals surface area contributed by atoms with Crippen LogP contribution in [0.25, 0.3) is 21.5 Å². The average molecular weight is 425 g/mol. The minimum Gasteiger partial charge on any atom is -0.494 e. The molecule has 0 spiro atoms. The number of hydrogen-bond acceptors (Lipinski definition) is 3. The maximum Gasteiger partial charge on any atom is 0.271 e. The van der Waals surface area contributed by atoms with Crippen molar-refractivity contribution in [1.82, 2.24) is 5.43 Å². The molecule has 162 valence electrons. The molecule has 0 fully saturated rings. The van der Waals surface area contributed by atoms with E-state index in [2.05, 4.69) is 47.8 Å². The van der Waals surface area contributed by atoms with E-state index in [0.717, 1.165) is 39.3 Å². The largest absolute Gasteiger partial charge is 0.494 e. The molecular formula is C28H28N2O2. The van der Waals surface area contributed by atoms with Crippen LogP contribution in [0.5, 0.6) is 5.75 Å². The van der Waals surface area contributed by atoms with E-state index in [4.69, 9.17) is 4.74 Å². The number of unbranched alkanes of at least 4 members (excludes halogenated alkanes) is 3. The Labute approximate surface area is 188 Å². The number of hydrogen-bond donors (Lipinski definition) is 1. The van der Waals surface area contributed by atoms with Gasteiger partial charge in [-0.2, -0.15) is 5.10 Å². The molecule has 0 atom stereocenters. The van der Waals surface area contributed by atoms with Crippen LogP contribution in [0.3, 0.4) is 0 Å². The number of benzene rings is 4. The van der Waals surface area contributed by atoms with Gasteiger partial charge in [-0.25, -0.2) is 5.43 Å². The third-order valence-electron chi connectivity index (χ3n) is 5.56. The summed E-state index contributed by atoms with van der Waals surface area (Å²) in [6.45, 7) is 2.90. The molecule has 0 aliphatic heterocycles. The van der Waals surface area contributed by atoms with E-state index < -0.39 is 0 Å². The van der Waals surface area contributed by atoms with Crippen LogP contribution in [0.4, 0.5) is 0 Å². The second-order valence-corrected chi connectivity index (χ2v) is 7.87. The number of rotatable bonds is 9. The summed E-state index contributed by atoms with van der Waals surface area (Å²) in [4.78, 5) is 12.5. The number of carbonyl (C=O) groups excluding carboxylic acids is 1. The van der Waals surface area contributed by atoms with Gasteiger partial charge in [0.05, 0.1) is 12.8 Å². The molecule has 4 nitrogen and oxygen atoms in total. The number of hydrazone groups is 1. The fourth-order valence-electron chi connectivity index (χ4n) is 3.83. The summed E-state index contributed by atoms with van der Waals surface area (Å²) in [6.07, 6.45) is 6.41. The highest BCUT2D eigenvalue weighted by Crippen LogP contribution is 2.27. The Morgan fingerprint density at radius 1 is 0.875 bits per heavy atom. The Hall–Kier alpha value is -3.66. The zero-order chi connectivity index (χ0) is 22.2. The third kappa shape index (κ3) is 5.14. The molecule has 0 heterocycles. The van der Waals surface area contributed by atoms with E-state index in [1.165, 1.54) is 19.3 Å². The molecule has 1 N–H and O–H groups in total. The monoisotopic (exact) mass is 424 g/mol. The molecule has 4 rings (SSSR count). The second-order valence-electron chi connectivity index (χ2n) is 7.87. The fourth-order valence-corrected chi connectivity index (χ4v) is 3.83. The summed E-state index contributed by atoms with van der Waals surface area (Å²) in [7, 11) is 0. The number of fused-ring (bicyclic) bond motifs is 2. The quantitative estimate of drug-likeness (QED) is 0.140. The molecule has 0 bridgehead atoms. The summed E-state index contributed by atoms with van der Waals surface area (Å²) in [6, 6.07) is 25.8. The maximum atomic E-state index is 12.5. The van der Waals surface area contributed by atoms with Crippen LogP contribution in [0.1, 0.15) is 48.5 Å². The van der Waals surface area contributed by atoms with Crippen LogP contribution >= 0.6 is 0 Å². The SMILES string of the molecule is CCCCCCOc1ccc(C(=O)N/N=C/c2c3ccccc3cc3ccccc23)cc1. The van der Waals surface area contributed by atoms with Crippen LogP contribution in [-0.2, 0) is 0 Å². The van der Waals surface area contributed by atoms with Gasteiger partial charge in [0.2, 0.25) is 0 Å². The number of amides is 1. The van der Waals surface area contributed by atoms with E-state index in [1.807, 2.05) is 36.4 Å². The van der Waals surface area contributed by atoms with Crippen LogP contribution in [0, 0.1) is 0 Å². The fraction of sp³-hybridized carbons (Fsp3) is 0.214. The number of nitrogens with one attached hydrogen (secondary N) is 1. The topological polar surface area (TPSA) is 50.7 Å². The van der Waals surface area contributed by atoms with Gasteiger partial charge in [-0.1, -0.05) is 74.7 Å². The minimum absolute atomic E-state index is 0.250. The highest BCUT2D eigenvalue weighted by molar-refractivity contribution is 6.13. The van der Waals surface area contributed by atoms with E-state index in [0.29, 0.717) is 12.2 Å². The van der Waals surface area contributed by atoms with Gasteiger partial charge in [0.25, 0.3) is 5.91 Å². The van der Waals surface area contributed by atoms with Gasteiger partial charge >= 0.3 is 0 Å². The molecule has 4 heteroatoms. The molecular weight excluding hydrogens is 396 g/mol. The molecule has 0 aliphatic rings. The van der Waals surface area contributed by atoms with Crippen molar-refractivity contribution >= 4 is 33.7 Å². The predicted molar refractivity (Wildman–Crippen MR) is 133 cm³/mol. The summed E-state index contributed by atoms with van der Waals surface area (Å²) >= 11 is 0. The Morgan fingerprint density at radius 3 is 2.19 bits per heavy atom. The van der Waals surface area contributed by atoms with Gasteiger partial charge in [0.1, 0.15) is 5.75 Å². The minimum atomic E-state index is -0.250. The standard InChI is InChI=1S/C28H28N2O2/c1-2-3-4-9-18-32-24-16-14-21(15-17-24)28(31)30-29-20-27-25-12-7-5-10-22(25)19-23-11-6-8-13-26(23)27/h5-8,10-17,19-20H,2-4,9,18H2,1H3,(H,30,31)/b29-20+. The molecule has 0 aromatic heterocycles. The highest BCUT2D eigenvalue weighted by atomic mass is 16.5. The van der Waals surface area contributed by atoms with Crippen molar-refractivity contribution in [3.8, 4) is 5.75 Å². The van der Waals surface area contributed by atoms with Crippen molar-refractivity contribution in [2.75, 3.05) is 6.61 Å². The van der Waals surface area contributed by atoms with Crippen molar-refractivity contribution in [2.45, 2.75) is 32.6 Å². The normalized spacial score (nSPS) is 11.3. The lowest BCUT2D eigenvalue weighted by molar-refractivity contribution is 0.0955. The van der Waals surface area contributed by atoms with E-state index >= 15 is 0 Å². The molecule has 0 aliphatic carbocycles. The summed E-state index contributed by atoms with van der Waals surface area (Å²) < 4.78 is 5.75. The van der Waals surface area contributed by atoms with Crippen LogP contribution in [-0.4, -0.2) is 18.7 Å². The summed E-state index contributed by atoms with van der Waals surface area (Å²) in [5.41, 5.74) is 4.19.